The normalized spacial score (nSPS) is 33.1. The van der Waals surface area contributed by atoms with Crippen LogP contribution in [0.3, 0.4) is 0 Å². The van der Waals surface area contributed by atoms with Crippen molar-refractivity contribution in [3.05, 3.63) is 29.6 Å². The Bertz CT molecular complexity index is 495. The molecule has 1 aliphatic carbocycles. The minimum atomic E-state index is -0.158. The standard InChI is InChI=1S/C16H22FNOS/c1-16(10-19)7-2-3-15(16)18-13-6-8-20-14-5-4-11(17)9-12(13)14/h4-5,9,13,15,18-19H,2-3,6-8,10H2,1H3. The molecule has 0 bridgehead atoms. The molecule has 0 aromatic heterocycles. The third kappa shape index (κ3) is 2.61. The maximum absolute atomic E-state index is 13.5. The van der Waals surface area contributed by atoms with Crippen molar-refractivity contribution in [1.82, 2.24) is 5.32 Å². The van der Waals surface area contributed by atoms with E-state index in [9.17, 15) is 9.50 Å². The highest BCUT2D eigenvalue weighted by Gasteiger charge is 2.39. The third-order valence-corrected chi connectivity index (χ3v) is 5.98. The zero-order chi connectivity index (χ0) is 14.2. The first kappa shape index (κ1) is 14.4. The van der Waals surface area contributed by atoms with Crippen molar-refractivity contribution >= 4 is 11.8 Å². The molecule has 2 nitrogen and oxygen atoms in total. The number of benzene rings is 1. The van der Waals surface area contributed by atoms with E-state index in [4.69, 9.17) is 0 Å². The summed E-state index contributed by atoms with van der Waals surface area (Å²) in [7, 11) is 0. The van der Waals surface area contributed by atoms with Crippen molar-refractivity contribution in [2.45, 2.75) is 49.6 Å². The van der Waals surface area contributed by atoms with Gasteiger partial charge in [-0.25, -0.2) is 4.39 Å². The summed E-state index contributed by atoms with van der Waals surface area (Å²) in [6, 6.07) is 5.65. The molecule has 1 saturated carbocycles. The van der Waals surface area contributed by atoms with Gasteiger partial charge in [0, 0.05) is 29.0 Å². The second-order valence-corrected chi connectivity index (χ2v) is 7.43. The van der Waals surface area contributed by atoms with Crippen LogP contribution in [0, 0.1) is 11.2 Å². The number of hydrogen-bond acceptors (Lipinski definition) is 3. The van der Waals surface area contributed by atoms with Crippen LogP contribution in [0.2, 0.25) is 0 Å². The number of aliphatic hydroxyl groups is 1. The highest BCUT2D eigenvalue weighted by atomic mass is 32.2. The second-order valence-electron chi connectivity index (χ2n) is 6.30. The van der Waals surface area contributed by atoms with Gasteiger partial charge in [0.2, 0.25) is 0 Å². The Labute approximate surface area is 124 Å². The number of rotatable bonds is 3. The van der Waals surface area contributed by atoms with Crippen LogP contribution in [-0.2, 0) is 0 Å². The van der Waals surface area contributed by atoms with Crippen LogP contribution in [-0.4, -0.2) is 23.5 Å². The van der Waals surface area contributed by atoms with Crippen molar-refractivity contribution in [2.75, 3.05) is 12.4 Å². The van der Waals surface area contributed by atoms with Crippen molar-refractivity contribution in [3.63, 3.8) is 0 Å². The third-order valence-electron chi connectivity index (χ3n) is 4.86. The van der Waals surface area contributed by atoms with Gasteiger partial charge in [-0.2, -0.15) is 0 Å². The average molecular weight is 295 g/mol. The van der Waals surface area contributed by atoms with Crippen LogP contribution >= 0.6 is 11.8 Å². The molecule has 2 aliphatic rings. The van der Waals surface area contributed by atoms with Crippen LogP contribution in [0.1, 0.15) is 44.2 Å². The van der Waals surface area contributed by atoms with Crippen LogP contribution in [0.4, 0.5) is 4.39 Å². The monoisotopic (exact) mass is 295 g/mol. The molecule has 20 heavy (non-hydrogen) atoms. The fourth-order valence-electron chi connectivity index (χ4n) is 3.49. The SMILES string of the molecule is CC1(CO)CCCC1NC1CCSc2ccc(F)cc21. The van der Waals surface area contributed by atoms with Gasteiger partial charge in [-0.05, 0) is 48.8 Å². The molecule has 3 rings (SSSR count). The van der Waals surface area contributed by atoms with Gasteiger partial charge >= 0.3 is 0 Å². The summed E-state index contributed by atoms with van der Waals surface area (Å²) >= 11 is 1.81. The summed E-state index contributed by atoms with van der Waals surface area (Å²) in [6.07, 6.45) is 4.36. The van der Waals surface area contributed by atoms with E-state index in [2.05, 4.69) is 12.2 Å². The summed E-state index contributed by atoms with van der Waals surface area (Å²) in [5, 5.41) is 13.4. The molecule has 1 aromatic rings. The molecule has 3 unspecified atom stereocenters. The molecule has 110 valence electrons. The van der Waals surface area contributed by atoms with Crippen molar-refractivity contribution < 1.29 is 9.50 Å². The van der Waals surface area contributed by atoms with Gasteiger partial charge in [-0.3, -0.25) is 0 Å². The number of nitrogens with one attached hydrogen (secondary N) is 1. The molecule has 4 heteroatoms. The van der Waals surface area contributed by atoms with E-state index in [0.717, 1.165) is 37.0 Å². The van der Waals surface area contributed by atoms with E-state index in [0.29, 0.717) is 6.04 Å². The predicted molar refractivity (Wildman–Crippen MR) is 80.4 cm³/mol. The first-order chi connectivity index (χ1) is 9.62. The number of aliphatic hydroxyl groups excluding tert-OH is 1. The lowest BCUT2D eigenvalue weighted by atomic mass is 9.85. The molecule has 0 spiro atoms. The Balaban J connectivity index is 1.81. The summed E-state index contributed by atoms with van der Waals surface area (Å²) < 4.78 is 13.5. The zero-order valence-corrected chi connectivity index (χ0v) is 12.7. The summed E-state index contributed by atoms with van der Waals surface area (Å²) in [6.45, 7) is 2.38. The smallest absolute Gasteiger partial charge is 0.123 e. The molecule has 2 N–H and O–H groups in total. The molecular weight excluding hydrogens is 273 g/mol. The van der Waals surface area contributed by atoms with Crippen molar-refractivity contribution in [2.24, 2.45) is 5.41 Å². The largest absolute Gasteiger partial charge is 0.396 e. The van der Waals surface area contributed by atoms with Gasteiger partial charge in [0.05, 0.1) is 0 Å². The fraction of sp³-hybridized carbons (Fsp3) is 0.625. The maximum Gasteiger partial charge on any atom is 0.123 e. The van der Waals surface area contributed by atoms with E-state index < -0.39 is 0 Å². The summed E-state index contributed by atoms with van der Waals surface area (Å²) in [5.41, 5.74) is 1.06. The Morgan fingerprint density at radius 2 is 2.30 bits per heavy atom. The van der Waals surface area contributed by atoms with E-state index in [1.807, 2.05) is 17.8 Å². The van der Waals surface area contributed by atoms with Gasteiger partial charge in [0.15, 0.2) is 0 Å². The highest BCUT2D eigenvalue weighted by molar-refractivity contribution is 7.99. The molecule has 3 atom stereocenters. The quantitative estimate of drug-likeness (QED) is 0.895. The molecule has 1 aromatic carbocycles. The minimum absolute atomic E-state index is 0.0297. The molecule has 1 fully saturated rings. The number of thioether (sulfide) groups is 1. The van der Waals surface area contributed by atoms with Gasteiger partial charge in [0.25, 0.3) is 0 Å². The Kier molecular flexibility index (Phi) is 4.07. The van der Waals surface area contributed by atoms with Gasteiger partial charge in [0.1, 0.15) is 5.82 Å². The Morgan fingerprint density at radius 3 is 3.10 bits per heavy atom. The topological polar surface area (TPSA) is 32.3 Å². The molecule has 1 aliphatic heterocycles. The van der Waals surface area contributed by atoms with E-state index in [1.54, 1.807) is 12.1 Å². The van der Waals surface area contributed by atoms with Gasteiger partial charge < -0.3 is 10.4 Å². The lowest BCUT2D eigenvalue weighted by Gasteiger charge is -2.35. The highest BCUT2D eigenvalue weighted by Crippen LogP contribution is 2.42. The van der Waals surface area contributed by atoms with Crippen molar-refractivity contribution in [1.29, 1.82) is 0 Å². The van der Waals surface area contributed by atoms with Crippen LogP contribution in [0.15, 0.2) is 23.1 Å². The Morgan fingerprint density at radius 1 is 1.45 bits per heavy atom. The number of halogens is 1. The average Bonchev–Trinajstić information content (AvgIpc) is 2.82. The molecule has 0 amide bonds. The van der Waals surface area contributed by atoms with Crippen LogP contribution in [0.25, 0.3) is 0 Å². The molecule has 1 heterocycles. The first-order valence-electron chi connectivity index (χ1n) is 7.41. The zero-order valence-electron chi connectivity index (χ0n) is 11.9. The van der Waals surface area contributed by atoms with Crippen LogP contribution in [0.5, 0.6) is 0 Å². The second kappa shape index (κ2) is 5.66. The van der Waals surface area contributed by atoms with Crippen molar-refractivity contribution in [3.8, 4) is 0 Å². The van der Waals surface area contributed by atoms with Gasteiger partial charge in [-0.1, -0.05) is 13.3 Å². The number of hydrogen-bond donors (Lipinski definition) is 2. The fourth-order valence-corrected chi connectivity index (χ4v) is 4.59. The van der Waals surface area contributed by atoms with E-state index in [-0.39, 0.29) is 23.9 Å². The lowest BCUT2D eigenvalue weighted by Crippen LogP contribution is -2.44. The molecule has 0 saturated heterocycles. The molecular formula is C16H22FNOS. The Hall–Kier alpha value is -0.580. The van der Waals surface area contributed by atoms with E-state index >= 15 is 0 Å². The molecule has 0 radical (unpaired) electrons. The minimum Gasteiger partial charge on any atom is -0.396 e. The number of fused-ring (bicyclic) bond motifs is 1. The van der Waals surface area contributed by atoms with E-state index in [1.165, 1.54) is 4.90 Å². The summed E-state index contributed by atoms with van der Waals surface area (Å²) in [4.78, 5) is 1.19. The maximum atomic E-state index is 13.5. The van der Waals surface area contributed by atoms with Gasteiger partial charge in [-0.15, -0.1) is 11.8 Å². The lowest BCUT2D eigenvalue weighted by molar-refractivity contribution is 0.112. The predicted octanol–water partition coefficient (Wildman–Crippen LogP) is 3.50. The van der Waals surface area contributed by atoms with Crippen LogP contribution < -0.4 is 5.32 Å². The summed E-state index contributed by atoms with van der Waals surface area (Å²) in [5.74, 6) is 0.910. The first-order valence-corrected chi connectivity index (χ1v) is 8.40.